The summed E-state index contributed by atoms with van der Waals surface area (Å²) in [6.45, 7) is 1.50. The third-order valence-corrected chi connectivity index (χ3v) is 4.65. The molecule has 0 saturated carbocycles. The second kappa shape index (κ2) is 7.90. The number of amides is 1. The third kappa shape index (κ3) is 4.08. The summed E-state index contributed by atoms with van der Waals surface area (Å²) < 4.78 is 0. The van der Waals surface area contributed by atoms with Crippen molar-refractivity contribution in [2.45, 2.75) is 12.8 Å². The molecule has 1 unspecified atom stereocenters. The Morgan fingerprint density at radius 1 is 1.04 bits per heavy atom. The number of hydrogen-bond donors (Lipinski definition) is 1. The van der Waals surface area contributed by atoms with Crippen molar-refractivity contribution >= 4 is 17.4 Å². The number of nitrogens with one attached hydrogen (secondary N) is 1. The van der Waals surface area contributed by atoms with Crippen LogP contribution in [0.4, 0.5) is 11.5 Å². The van der Waals surface area contributed by atoms with Crippen LogP contribution < -0.4 is 10.2 Å². The van der Waals surface area contributed by atoms with Gasteiger partial charge in [-0.15, -0.1) is 10.2 Å². The number of pyridine rings is 2. The number of nitrogens with zero attached hydrogens (tertiary/aromatic N) is 5. The fraction of sp³-hybridized carbons (Fsp3) is 0.250. The summed E-state index contributed by atoms with van der Waals surface area (Å²) >= 11 is 0. The number of hydrogen-bond acceptors (Lipinski definition) is 6. The highest BCUT2D eigenvalue weighted by molar-refractivity contribution is 5.92. The van der Waals surface area contributed by atoms with E-state index in [4.69, 9.17) is 0 Å². The van der Waals surface area contributed by atoms with Gasteiger partial charge in [-0.3, -0.25) is 14.8 Å². The van der Waals surface area contributed by atoms with E-state index in [1.165, 1.54) is 0 Å². The van der Waals surface area contributed by atoms with Gasteiger partial charge < -0.3 is 10.2 Å². The monoisotopic (exact) mass is 360 g/mol. The second-order valence-electron chi connectivity index (χ2n) is 6.53. The molecule has 136 valence electrons. The van der Waals surface area contributed by atoms with Gasteiger partial charge in [-0.2, -0.15) is 0 Å². The summed E-state index contributed by atoms with van der Waals surface area (Å²) in [5.74, 6) is 0.730. The quantitative estimate of drug-likeness (QED) is 0.770. The van der Waals surface area contributed by atoms with E-state index >= 15 is 0 Å². The Balaban J connectivity index is 1.43. The average molecular weight is 360 g/mol. The molecule has 1 aliphatic rings. The molecule has 3 aromatic heterocycles. The van der Waals surface area contributed by atoms with Gasteiger partial charge in [0.15, 0.2) is 5.82 Å². The third-order valence-electron chi connectivity index (χ3n) is 4.65. The Kier molecular flexibility index (Phi) is 5.00. The Bertz CT molecular complexity index is 885. The van der Waals surface area contributed by atoms with Crippen molar-refractivity contribution in [1.29, 1.82) is 0 Å². The van der Waals surface area contributed by atoms with Gasteiger partial charge >= 0.3 is 0 Å². The first-order valence-electron chi connectivity index (χ1n) is 8.99. The molecular formula is C20H20N6O. The normalized spacial score (nSPS) is 16.7. The van der Waals surface area contributed by atoms with Crippen LogP contribution in [0.15, 0.2) is 61.2 Å². The van der Waals surface area contributed by atoms with E-state index < -0.39 is 0 Å². The van der Waals surface area contributed by atoms with Crippen LogP contribution >= 0.6 is 0 Å². The lowest BCUT2D eigenvalue weighted by atomic mass is 9.97. The van der Waals surface area contributed by atoms with Gasteiger partial charge in [0.25, 0.3) is 0 Å². The van der Waals surface area contributed by atoms with Crippen LogP contribution in [0.25, 0.3) is 11.3 Å². The predicted molar refractivity (Wildman–Crippen MR) is 103 cm³/mol. The first kappa shape index (κ1) is 17.1. The van der Waals surface area contributed by atoms with Crippen molar-refractivity contribution in [3.05, 3.63) is 61.2 Å². The van der Waals surface area contributed by atoms with Gasteiger partial charge in [-0.05, 0) is 49.2 Å². The van der Waals surface area contributed by atoms with Gasteiger partial charge in [-0.1, -0.05) is 0 Å². The predicted octanol–water partition coefficient (Wildman–Crippen LogP) is 2.79. The fourth-order valence-corrected chi connectivity index (χ4v) is 3.24. The van der Waals surface area contributed by atoms with Gasteiger partial charge in [-0.25, -0.2) is 0 Å². The summed E-state index contributed by atoms with van der Waals surface area (Å²) in [6.07, 6.45) is 8.65. The number of carbonyl (C=O) groups excluding carboxylic acids is 1. The maximum atomic E-state index is 12.6. The van der Waals surface area contributed by atoms with Gasteiger partial charge in [0, 0.05) is 37.2 Å². The van der Waals surface area contributed by atoms with E-state index in [2.05, 4.69) is 30.4 Å². The average Bonchev–Trinajstić information content (AvgIpc) is 2.75. The molecule has 0 radical (unpaired) electrons. The maximum Gasteiger partial charge on any atom is 0.229 e. The molecule has 7 heteroatoms. The van der Waals surface area contributed by atoms with E-state index in [0.717, 1.165) is 42.1 Å². The SMILES string of the molecule is O=C(Nc1cccnc1)C1CCCN(c2ccc(-c3cccnc3)nn2)C1. The molecule has 4 rings (SSSR count). The number of piperidine rings is 1. The van der Waals surface area contributed by atoms with Gasteiger partial charge in [0.2, 0.25) is 5.91 Å². The highest BCUT2D eigenvalue weighted by Crippen LogP contribution is 2.24. The lowest BCUT2D eigenvalue weighted by Gasteiger charge is -2.32. The lowest BCUT2D eigenvalue weighted by Crippen LogP contribution is -2.41. The van der Waals surface area contributed by atoms with Crippen LogP contribution in [0.5, 0.6) is 0 Å². The molecule has 4 heterocycles. The van der Waals surface area contributed by atoms with Crippen molar-refractivity contribution < 1.29 is 4.79 Å². The molecule has 1 saturated heterocycles. The molecule has 0 aliphatic carbocycles. The van der Waals surface area contributed by atoms with E-state index in [1.54, 1.807) is 24.8 Å². The summed E-state index contributed by atoms with van der Waals surface area (Å²) in [6, 6.07) is 11.4. The molecule has 1 atom stereocenters. The van der Waals surface area contributed by atoms with Gasteiger partial charge in [0.1, 0.15) is 0 Å². The number of aromatic nitrogens is 4. The van der Waals surface area contributed by atoms with Crippen LogP contribution in [-0.4, -0.2) is 39.2 Å². The fourth-order valence-electron chi connectivity index (χ4n) is 3.24. The molecule has 3 aromatic rings. The summed E-state index contributed by atoms with van der Waals surface area (Å²) in [5, 5.41) is 11.6. The Labute approximate surface area is 157 Å². The Hall–Kier alpha value is -3.35. The van der Waals surface area contributed by atoms with Crippen molar-refractivity contribution in [3.8, 4) is 11.3 Å². The van der Waals surface area contributed by atoms with Crippen LogP contribution in [-0.2, 0) is 4.79 Å². The van der Waals surface area contributed by atoms with E-state index in [1.807, 2.05) is 36.4 Å². The molecule has 1 fully saturated rings. The van der Waals surface area contributed by atoms with Crippen molar-refractivity contribution in [2.24, 2.45) is 5.92 Å². The molecule has 1 aliphatic heterocycles. The first-order valence-corrected chi connectivity index (χ1v) is 8.99. The maximum absolute atomic E-state index is 12.6. The first-order chi connectivity index (χ1) is 13.3. The minimum Gasteiger partial charge on any atom is -0.354 e. The minimum atomic E-state index is -0.0845. The summed E-state index contributed by atoms with van der Waals surface area (Å²) in [7, 11) is 0. The second-order valence-corrected chi connectivity index (χ2v) is 6.53. The lowest BCUT2D eigenvalue weighted by molar-refractivity contribution is -0.120. The van der Waals surface area contributed by atoms with Crippen molar-refractivity contribution in [1.82, 2.24) is 20.2 Å². The topological polar surface area (TPSA) is 83.9 Å². The molecule has 0 aromatic carbocycles. The Morgan fingerprint density at radius 3 is 2.59 bits per heavy atom. The molecule has 7 nitrogen and oxygen atoms in total. The number of anilines is 2. The van der Waals surface area contributed by atoms with Gasteiger partial charge in [0.05, 0.1) is 23.5 Å². The van der Waals surface area contributed by atoms with Crippen molar-refractivity contribution in [2.75, 3.05) is 23.3 Å². The number of carbonyl (C=O) groups is 1. The highest BCUT2D eigenvalue weighted by atomic mass is 16.1. The molecule has 27 heavy (non-hydrogen) atoms. The smallest absolute Gasteiger partial charge is 0.229 e. The molecule has 1 N–H and O–H groups in total. The zero-order valence-corrected chi connectivity index (χ0v) is 14.8. The molecule has 1 amide bonds. The highest BCUT2D eigenvalue weighted by Gasteiger charge is 2.26. The number of rotatable bonds is 4. The molecular weight excluding hydrogens is 340 g/mol. The zero-order valence-electron chi connectivity index (χ0n) is 14.8. The summed E-state index contributed by atoms with van der Waals surface area (Å²) in [5.41, 5.74) is 2.44. The minimum absolute atomic E-state index is 0.0210. The van der Waals surface area contributed by atoms with Crippen LogP contribution in [0.1, 0.15) is 12.8 Å². The van der Waals surface area contributed by atoms with E-state index in [9.17, 15) is 4.79 Å². The zero-order chi connectivity index (χ0) is 18.5. The van der Waals surface area contributed by atoms with E-state index in [-0.39, 0.29) is 11.8 Å². The molecule has 0 bridgehead atoms. The van der Waals surface area contributed by atoms with Crippen LogP contribution in [0.3, 0.4) is 0 Å². The Morgan fingerprint density at radius 2 is 1.89 bits per heavy atom. The van der Waals surface area contributed by atoms with Crippen LogP contribution in [0, 0.1) is 5.92 Å². The summed E-state index contributed by atoms with van der Waals surface area (Å²) in [4.78, 5) is 22.8. The largest absolute Gasteiger partial charge is 0.354 e. The van der Waals surface area contributed by atoms with Crippen molar-refractivity contribution in [3.63, 3.8) is 0 Å². The van der Waals surface area contributed by atoms with Crippen LogP contribution in [0.2, 0.25) is 0 Å². The molecule has 0 spiro atoms. The standard InChI is InChI=1S/C20H20N6O/c27-20(23-17-6-2-10-22-13-17)16-5-3-11-26(14-16)19-8-7-18(24-25-19)15-4-1-9-21-12-15/h1-2,4,6-10,12-13,16H,3,5,11,14H2,(H,23,27). The van der Waals surface area contributed by atoms with E-state index in [0.29, 0.717) is 6.54 Å².